The van der Waals surface area contributed by atoms with Crippen molar-refractivity contribution in [3.05, 3.63) is 157 Å². The van der Waals surface area contributed by atoms with Crippen molar-refractivity contribution in [2.45, 2.75) is 18.8 Å². The van der Waals surface area contributed by atoms with Crippen LogP contribution in [0.2, 0.25) is 0 Å². The minimum absolute atomic E-state index is 0.410. The maximum atomic E-state index is 3.68. The predicted octanol–water partition coefficient (Wildman–Crippen LogP) is 8.29. The molecule has 3 aromatic rings. The second-order valence-corrected chi connectivity index (χ2v) is 7.83. The molecule has 158 valence electrons. The van der Waals surface area contributed by atoms with Crippen LogP contribution in [0.3, 0.4) is 0 Å². The summed E-state index contributed by atoms with van der Waals surface area (Å²) in [5, 5.41) is 0. The van der Waals surface area contributed by atoms with E-state index >= 15 is 0 Å². The molecule has 1 atom stereocenters. The highest BCUT2D eigenvalue weighted by molar-refractivity contribution is 5.70. The van der Waals surface area contributed by atoms with Crippen molar-refractivity contribution >= 4 is 11.4 Å². The Morgan fingerprint density at radius 3 is 2.00 bits per heavy atom. The van der Waals surface area contributed by atoms with E-state index in [2.05, 4.69) is 127 Å². The number of allylic oxidation sites excluding steroid dienone is 8. The second-order valence-electron chi connectivity index (χ2n) is 7.83. The van der Waals surface area contributed by atoms with Crippen LogP contribution in [0.25, 0.3) is 0 Å². The van der Waals surface area contributed by atoms with Crippen LogP contribution in [0.15, 0.2) is 146 Å². The Labute approximate surface area is 192 Å². The number of rotatable bonds is 8. The van der Waals surface area contributed by atoms with Gasteiger partial charge in [-0.2, -0.15) is 0 Å². The molecular formula is C31H29N. The molecule has 0 aliphatic heterocycles. The lowest BCUT2D eigenvalue weighted by atomic mass is 9.90. The van der Waals surface area contributed by atoms with Gasteiger partial charge in [0.25, 0.3) is 0 Å². The first-order chi connectivity index (χ1) is 15.8. The lowest BCUT2D eigenvalue weighted by molar-refractivity contribution is 0.839. The number of anilines is 2. The second kappa shape index (κ2) is 11.0. The van der Waals surface area contributed by atoms with Crippen molar-refractivity contribution in [3.8, 4) is 0 Å². The van der Waals surface area contributed by atoms with E-state index in [9.17, 15) is 0 Å². The third kappa shape index (κ3) is 5.44. The van der Waals surface area contributed by atoms with Gasteiger partial charge in [0.1, 0.15) is 0 Å². The molecule has 1 aliphatic rings. The van der Waals surface area contributed by atoms with Crippen molar-refractivity contribution in [1.82, 2.24) is 0 Å². The molecule has 4 rings (SSSR count). The molecule has 0 N–H and O–H groups in total. The summed E-state index contributed by atoms with van der Waals surface area (Å²) < 4.78 is 0. The summed E-state index contributed by atoms with van der Waals surface area (Å²) in [6, 6.07) is 30.1. The van der Waals surface area contributed by atoms with E-state index in [4.69, 9.17) is 0 Å². The zero-order valence-electron chi connectivity index (χ0n) is 18.3. The van der Waals surface area contributed by atoms with Crippen LogP contribution in [-0.2, 0) is 6.42 Å². The topological polar surface area (TPSA) is 3.24 Å². The van der Waals surface area contributed by atoms with Crippen LogP contribution in [0.4, 0.5) is 11.4 Å². The van der Waals surface area contributed by atoms with Crippen LogP contribution in [0.1, 0.15) is 23.5 Å². The highest BCUT2D eigenvalue weighted by atomic mass is 15.1. The first-order valence-electron chi connectivity index (χ1n) is 11.2. The van der Waals surface area contributed by atoms with Gasteiger partial charge in [-0.05, 0) is 54.3 Å². The van der Waals surface area contributed by atoms with E-state index < -0.39 is 0 Å². The lowest BCUT2D eigenvalue weighted by Crippen LogP contribution is -2.17. The first kappa shape index (κ1) is 21.4. The van der Waals surface area contributed by atoms with E-state index in [0.29, 0.717) is 5.92 Å². The Hall–Kier alpha value is -3.84. The van der Waals surface area contributed by atoms with Gasteiger partial charge in [-0.1, -0.05) is 110 Å². The van der Waals surface area contributed by atoms with Crippen LogP contribution in [0, 0.1) is 0 Å². The molecule has 1 nitrogen and oxygen atoms in total. The third-order valence-electron chi connectivity index (χ3n) is 5.62. The Kier molecular flexibility index (Phi) is 7.34. The molecule has 0 aromatic heterocycles. The Morgan fingerprint density at radius 1 is 0.781 bits per heavy atom. The van der Waals surface area contributed by atoms with Crippen LogP contribution < -0.4 is 4.90 Å². The number of nitrogens with zero attached hydrogens (tertiary/aromatic N) is 1. The van der Waals surface area contributed by atoms with Crippen molar-refractivity contribution in [3.63, 3.8) is 0 Å². The van der Waals surface area contributed by atoms with Gasteiger partial charge in [-0.15, -0.1) is 0 Å². The highest BCUT2D eigenvalue weighted by Gasteiger charge is 2.17. The molecule has 0 heterocycles. The van der Waals surface area contributed by atoms with E-state index in [1.165, 1.54) is 28.2 Å². The van der Waals surface area contributed by atoms with Gasteiger partial charge in [0, 0.05) is 23.0 Å². The molecule has 32 heavy (non-hydrogen) atoms. The van der Waals surface area contributed by atoms with Crippen LogP contribution >= 0.6 is 0 Å². The van der Waals surface area contributed by atoms with Gasteiger partial charge in [0.05, 0.1) is 0 Å². The molecule has 0 saturated carbocycles. The van der Waals surface area contributed by atoms with Gasteiger partial charge in [-0.25, -0.2) is 0 Å². The minimum atomic E-state index is 0.410. The third-order valence-corrected chi connectivity index (χ3v) is 5.62. The van der Waals surface area contributed by atoms with Crippen molar-refractivity contribution in [2.75, 3.05) is 4.90 Å². The van der Waals surface area contributed by atoms with Gasteiger partial charge in [-0.3, -0.25) is 0 Å². The van der Waals surface area contributed by atoms with Gasteiger partial charge >= 0.3 is 0 Å². The Balaban J connectivity index is 1.47. The molecule has 0 amide bonds. The molecule has 0 radical (unpaired) electrons. The smallest absolute Gasteiger partial charge is 0.0461 e. The Bertz CT molecular complexity index is 1080. The first-order valence-corrected chi connectivity index (χ1v) is 11.2. The zero-order valence-corrected chi connectivity index (χ0v) is 18.3. The predicted molar refractivity (Wildman–Crippen MR) is 138 cm³/mol. The summed E-state index contributed by atoms with van der Waals surface area (Å²) in [6.07, 6.45) is 18.9. The van der Waals surface area contributed by atoms with E-state index in [1.807, 2.05) is 12.2 Å². The molecule has 0 bridgehead atoms. The average molecular weight is 416 g/mol. The van der Waals surface area contributed by atoms with E-state index in [0.717, 1.165) is 12.8 Å². The summed E-state index contributed by atoms with van der Waals surface area (Å²) >= 11 is 0. The maximum Gasteiger partial charge on any atom is 0.0461 e. The van der Waals surface area contributed by atoms with E-state index in [1.54, 1.807) is 6.08 Å². The minimum Gasteiger partial charge on any atom is -0.311 e. The molecular weight excluding hydrogens is 386 g/mol. The van der Waals surface area contributed by atoms with E-state index in [-0.39, 0.29) is 0 Å². The molecule has 0 saturated heterocycles. The highest BCUT2D eigenvalue weighted by Crippen LogP contribution is 2.34. The fourth-order valence-electron chi connectivity index (χ4n) is 3.95. The van der Waals surface area contributed by atoms with Gasteiger partial charge in [0.2, 0.25) is 0 Å². The maximum absolute atomic E-state index is 3.68. The van der Waals surface area contributed by atoms with Crippen LogP contribution in [0.5, 0.6) is 0 Å². The fraction of sp³-hybridized carbons (Fsp3) is 0.0968. The number of hydrogen-bond donors (Lipinski definition) is 0. The molecule has 1 aliphatic carbocycles. The normalized spacial score (nSPS) is 15.8. The number of benzene rings is 3. The Morgan fingerprint density at radius 2 is 1.44 bits per heavy atom. The molecule has 1 unspecified atom stereocenters. The van der Waals surface area contributed by atoms with Crippen molar-refractivity contribution in [2.24, 2.45) is 0 Å². The zero-order chi connectivity index (χ0) is 22.0. The molecule has 0 fully saturated rings. The largest absolute Gasteiger partial charge is 0.311 e. The quantitative estimate of drug-likeness (QED) is 0.334. The standard InChI is InChI=1S/C31H29N/c1-2-3-4-5-8-13-26-18-20-27(21-19-26)28-22-24-31(25-23-28)32(29-14-9-6-10-15-29)30-16-11-7-12-17-30/h2-12,14-22,24-25,28H,1,13,23H2/b4-3-,8-5-. The van der Waals surface area contributed by atoms with Crippen molar-refractivity contribution in [1.29, 1.82) is 0 Å². The van der Waals surface area contributed by atoms with Crippen LogP contribution in [-0.4, -0.2) is 0 Å². The number of para-hydroxylation sites is 2. The van der Waals surface area contributed by atoms with Gasteiger partial charge < -0.3 is 4.90 Å². The SMILES string of the molecule is C=C/C=C\C=C/Cc1ccc(C2C=CC(N(c3ccccc3)c3ccccc3)=CC2)cc1. The monoisotopic (exact) mass is 415 g/mol. The molecule has 1 heteroatoms. The molecule has 3 aromatic carbocycles. The summed E-state index contributed by atoms with van der Waals surface area (Å²) in [5.74, 6) is 0.410. The van der Waals surface area contributed by atoms with Gasteiger partial charge in [0.15, 0.2) is 0 Å². The summed E-state index contributed by atoms with van der Waals surface area (Å²) in [4.78, 5) is 2.32. The average Bonchev–Trinajstić information content (AvgIpc) is 2.86. The molecule has 0 spiro atoms. The fourth-order valence-corrected chi connectivity index (χ4v) is 3.95. The summed E-state index contributed by atoms with van der Waals surface area (Å²) in [6.45, 7) is 3.68. The summed E-state index contributed by atoms with van der Waals surface area (Å²) in [7, 11) is 0. The number of hydrogen-bond acceptors (Lipinski definition) is 1. The lowest BCUT2D eigenvalue weighted by Gasteiger charge is -2.29. The summed E-state index contributed by atoms with van der Waals surface area (Å²) in [5.41, 5.74) is 6.25. The van der Waals surface area contributed by atoms with Crippen molar-refractivity contribution < 1.29 is 0 Å².